The van der Waals surface area contributed by atoms with Gasteiger partial charge in [-0.1, -0.05) is 18.2 Å². The van der Waals surface area contributed by atoms with Crippen LogP contribution < -0.4 is 15.4 Å². The molecule has 0 unspecified atom stereocenters. The van der Waals surface area contributed by atoms with Crippen LogP contribution in [0.1, 0.15) is 46.9 Å². The smallest absolute Gasteiger partial charge is 0.257 e. The molecule has 0 aromatic heterocycles. The molecule has 2 aromatic carbocycles. The van der Waals surface area contributed by atoms with Gasteiger partial charge in [0.1, 0.15) is 18.5 Å². The Bertz CT molecular complexity index is 1030. The molecular formula is C25H29N3O5. The number of carbonyl (C=O) groups excluding carboxylic acids is 3. The first-order chi connectivity index (χ1) is 16.0. The molecule has 174 valence electrons. The summed E-state index contributed by atoms with van der Waals surface area (Å²) in [6, 6.07) is 13.8. The van der Waals surface area contributed by atoms with Gasteiger partial charge in [0.15, 0.2) is 0 Å². The largest absolute Gasteiger partial charge is 0.490 e. The number of carbonyl (C=O) groups is 3. The lowest BCUT2D eigenvalue weighted by molar-refractivity contribution is -0.133. The van der Waals surface area contributed by atoms with E-state index in [4.69, 9.17) is 9.47 Å². The van der Waals surface area contributed by atoms with Crippen molar-refractivity contribution in [3.8, 4) is 5.75 Å². The number of amides is 3. The fourth-order valence-electron chi connectivity index (χ4n) is 4.37. The van der Waals surface area contributed by atoms with E-state index in [0.29, 0.717) is 42.0 Å². The molecule has 0 radical (unpaired) electrons. The number of hydrogen-bond donors (Lipinski definition) is 2. The molecule has 1 saturated heterocycles. The van der Waals surface area contributed by atoms with Gasteiger partial charge in [0.25, 0.3) is 11.8 Å². The van der Waals surface area contributed by atoms with E-state index in [9.17, 15) is 14.4 Å². The average molecular weight is 452 g/mol. The highest BCUT2D eigenvalue weighted by atomic mass is 16.5. The second-order valence-corrected chi connectivity index (χ2v) is 8.36. The van der Waals surface area contributed by atoms with Crippen molar-refractivity contribution in [2.75, 3.05) is 25.5 Å². The Kier molecular flexibility index (Phi) is 6.93. The van der Waals surface area contributed by atoms with Crippen LogP contribution in [0.25, 0.3) is 0 Å². The third-order valence-electron chi connectivity index (χ3n) is 6.09. The molecule has 8 nitrogen and oxygen atoms in total. The Labute approximate surface area is 193 Å². The van der Waals surface area contributed by atoms with E-state index >= 15 is 0 Å². The molecule has 33 heavy (non-hydrogen) atoms. The molecule has 2 heterocycles. The van der Waals surface area contributed by atoms with Crippen LogP contribution in [0.4, 0.5) is 5.69 Å². The number of nitrogens with one attached hydrogen (secondary N) is 2. The summed E-state index contributed by atoms with van der Waals surface area (Å²) in [5, 5.41) is 5.64. The lowest BCUT2D eigenvalue weighted by atomic mass is 9.94. The predicted molar refractivity (Wildman–Crippen MR) is 123 cm³/mol. The molecule has 0 spiro atoms. The summed E-state index contributed by atoms with van der Waals surface area (Å²) in [6.45, 7) is 2.74. The number of ether oxygens (including phenoxy) is 2. The van der Waals surface area contributed by atoms with Crippen LogP contribution in [-0.4, -0.2) is 61.1 Å². The van der Waals surface area contributed by atoms with Crippen LogP contribution in [0.5, 0.6) is 5.75 Å². The summed E-state index contributed by atoms with van der Waals surface area (Å²) in [7, 11) is 1.76. The molecule has 2 aliphatic heterocycles. The quantitative estimate of drug-likeness (QED) is 0.729. The van der Waals surface area contributed by atoms with E-state index in [1.54, 1.807) is 54.4 Å². The first-order valence-corrected chi connectivity index (χ1v) is 11.3. The number of anilines is 1. The van der Waals surface area contributed by atoms with Crippen molar-refractivity contribution >= 4 is 23.4 Å². The minimum Gasteiger partial charge on any atom is -0.490 e. The van der Waals surface area contributed by atoms with Gasteiger partial charge in [-0.25, -0.2) is 0 Å². The zero-order valence-corrected chi connectivity index (χ0v) is 18.9. The zero-order valence-electron chi connectivity index (χ0n) is 18.9. The molecule has 2 aliphatic rings. The molecule has 4 rings (SSSR count). The summed E-state index contributed by atoms with van der Waals surface area (Å²) in [5.41, 5.74) is 1.45. The van der Waals surface area contributed by atoms with Crippen molar-refractivity contribution in [1.29, 1.82) is 0 Å². The molecule has 2 aromatic rings. The number of nitrogens with zero attached hydrogens (tertiary/aromatic N) is 1. The molecule has 3 atom stereocenters. The third-order valence-corrected chi connectivity index (χ3v) is 6.09. The highest BCUT2D eigenvalue weighted by Crippen LogP contribution is 2.32. The summed E-state index contributed by atoms with van der Waals surface area (Å²) in [5.74, 6) is -0.0340. The van der Waals surface area contributed by atoms with Crippen molar-refractivity contribution in [3.05, 3.63) is 59.7 Å². The number of hydrogen-bond acceptors (Lipinski definition) is 5. The second-order valence-electron chi connectivity index (χ2n) is 8.36. The normalized spacial score (nSPS) is 22.2. The number of benzene rings is 2. The van der Waals surface area contributed by atoms with Gasteiger partial charge in [-0.15, -0.1) is 0 Å². The average Bonchev–Trinajstić information content (AvgIpc) is 2.82. The van der Waals surface area contributed by atoms with Crippen LogP contribution in [-0.2, 0) is 9.53 Å². The van der Waals surface area contributed by atoms with Gasteiger partial charge in [-0.05, 0) is 50.1 Å². The van der Waals surface area contributed by atoms with Crippen LogP contribution in [0.2, 0.25) is 0 Å². The standard InChI is InChI=1S/C25H29N3O5/c1-3-26-23(29)14-18-10-11-20-22(33-18)15-32-21-12-9-17(13-19(21)25(31)28(20)2)27-24(30)16-7-5-4-6-8-16/h4-9,12-13,18,20,22H,3,10-11,14-15H2,1-2H3,(H,26,29)(H,27,30)/t18-,20+,22-/m0/s1. The molecule has 2 N–H and O–H groups in total. The summed E-state index contributed by atoms with van der Waals surface area (Å²) in [6.07, 6.45) is 1.20. The van der Waals surface area contributed by atoms with Gasteiger partial charge in [0.05, 0.1) is 24.1 Å². The van der Waals surface area contributed by atoms with Gasteiger partial charge >= 0.3 is 0 Å². The molecule has 0 saturated carbocycles. The Morgan fingerprint density at radius 3 is 2.67 bits per heavy atom. The van der Waals surface area contributed by atoms with Crippen LogP contribution in [0.3, 0.4) is 0 Å². The SMILES string of the molecule is CCNC(=O)C[C@@H]1CC[C@@H]2[C@H](COc3ccc(NC(=O)c4ccccc4)cc3C(=O)N2C)O1. The third kappa shape index (κ3) is 5.17. The number of likely N-dealkylation sites (N-methyl/N-ethyl adjacent to an activating group) is 1. The van der Waals surface area contributed by atoms with E-state index in [2.05, 4.69) is 10.6 Å². The Balaban J connectivity index is 1.49. The van der Waals surface area contributed by atoms with Gasteiger partial charge in [0.2, 0.25) is 5.91 Å². The maximum Gasteiger partial charge on any atom is 0.257 e. The Hall–Kier alpha value is -3.39. The fourth-order valence-corrected chi connectivity index (χ4v) is 4.37. The Morgan fingerprint density at radius 1 is 1.12 bits per heavy atom. The second kappa shape index (κ2) is 10.0. The van der Waals surface area contributed by atoms with E-state index in [0.717, 1.165) is 6.42 Å². The highest BCUT2D eigenvalue weighted by molar-refractivity contribution is 6.05. The van der Waals surface area contributed by atoms with E-state index in [1.165, 1.54) is 0 Å². The van der Waals surface area contributed by atoms with Gasteiger partial charge in [-0.2, -0.15) is 0 Å². The van der Waals surface area contributed by atoms with E-state index in [1.807, 2.05) is 13.0 Å². The summed E-state index contributed by atoms with van der Waals surface area (Å²) < 4.78 is 12.1. The van der Waals surface area contributed by atoms with Crippen LogP contribution in [0, 0.1) is 0 Å². The van der Waals surface area contributed by atoms with Crippen LogP contribution in [0.15, 0.2) is 48.5 Å². The molecule has 0 aliphatic carbocycles. The lowest BCUT2D eigenvalue weighted by Gasteiger charge is -2.42. The fraction of sp³-hybridized carbons (Fsp3) is 0.400. The van der Waals surface area contributed by atoms with Gasteiger partial charge in [-0.3, -0.25) is 14.4 Å². The minimum atomic E-state index is -0.322. The maximum absolute atomic E-state index is 13.3. The van der Waals surface area contributed by atoms with E-state index in [-0.39, 0.29) is 42.6 Å². The van der Waals surface area contributed by atoms with Crippen molar-refractivity contribution in [2.24, 2.45) is 0 Å². The lowest BCUT2D eigenvalue weighted by Crippen LogP contribution is -2.54. The van der Waals surface area contributed by atoms with Gasteiger partial charge in [0, 0.05) is 24.8 Å². The predicted octanol–water partition coefficient (Wildman–Crippen LogP) is 2.85. The summed E-state index contributed by atoms with van der Waals surface area (Å²) >= 11 is 0. The first kappa shape index (κ1) is 22.8. The number of rotatable bonds is 5. The zero-order chi connectivity index (χ0) is 23.4. The van der Waals surface area contributed by atoms with Crippen molar-refractivity contribution in [2.45, 2.75) is 44.4 Å². The Morgan fingerprint density at radius 2 is 1.91 bits per heavy atom. The summed E-state index contributed by atoms with van der Waals surface area (Å²) in [4.78, 5) is 39.5. The van der Waals surface area contributed by atoms with Crippen molar-refractivity contribution in [1.82, 2.24) is 10.2 Å². The van der Waals surface area contributed by atoms with E-state index < -0.39 is 0 Å². The molecule has 1 fully saturated rings. The first-order valence-electron chi connectivity index (χ1n) is 11.3. The maximum atomic E-state index is 13.3. The minimum absolute atomic E-state index is 0.0347. The number of fused-ring (bicyclic) bond motifs is 2. The molecule has 0 bridgehead atoms. The molecule has 8 heteroatoms. The van der Waals surface area contributed by atoms with Crippen LogP contribution >= 0.6 is 0 Å². The van der Waals surface area contributed by atoms with Crippen molar-refractivity contribution in [3.63, 3.8) is 0 Å². The monoisotopic (exact) mass is 451 g/mol. The van der Waals surface area contributed by atoms with Gasteiger partial charge < -0.3 is 25.0 Å². The molecule has 3 amide bonds. The molecular weight excluding hydrogens is 422 g/mol. The highest BCUT2D eigenvalue weighted by Gasteiger charge is 2.39. The van der Waals surface area contributed by atoms with Crippen molar-refractivity contribution < 1.29 is 23.9 Å². The topological polar surface area (TPSA) is 97.0 Å².